The number of para-hydroxylation sites is 1. The van der Waals surface area contributed by atoms with Gasteiger partial charge in [-0.3, -0.25) is 14.5 Å². The van der Waals surface area contributed by atoms with Crippen LogP contribution in [0, 0.1) is 12.3 Å². The quantitative estimate of drug-likeness (QED) is 0.212. The van der Waals surface area contributed by atoms with Crippen LogP contribution in [0.3, 0.4) is 0 Å². The zero-order valence-electron chi connectivity index (χ0n) is 15.5. The number of anilines is 1. The topological polar surface area (TPSA) is 108 Å². The monoisotopic (exact) mass is 383 g/mol. The van der Waals surface area contributed by atoms with E-state index in [1.54, 1.807) is 37.3 Å². The molecule has 0 bridgehead atoms. The van der Waals surface area contributed by atoms with E-state index < -0.39 is 23.6 Å². The van der Waals surface area contributed by atoms with E-state index in [1.807, 2.05) is 0 Å². The number of fused-ring (bicyclic) bond motifs is 1. The summed E-state index contributed by atoms with van der Waals surface area (Å²) in [6, 6.07) is 5.99. The van der Waals surface area contributed by atoms with Crippen LogP contribution in [0.4, 0.5) is 10.5 Å². The third-order valence-corrected chi connectivity index (χ3v) is 4.13. The lowest BCUT2D eigenvalue weighted by Crippen LogP contribution is -2.56. The molecular weight excluding hydrogens is 362 g/mol. The lowest BCUT2D eigenvalue weighted by atomic mass is 9.93. The molecule has 2 rings (SSSR count). The maximum atomic E-state index is 13.0. The highest BCUT2D eigenvalue weighted by Crippen LogP contribution is 2.39. The fourth-order valence-electron chi connectivity index (χ4n) is 2.68. The molecule has 2 atom stereocenters. The van der Waals surface area contributed by atoms with Crippen molar-refractivity contribution >= 4 is 23.9 Å². The molecule has 0 radical (unpaired) electrons. The number of allylic oxidation sites excluding steroid dienone is 3. The molecule has 3 amide bonds. The van der Waals surface area contributed by atoms with Crippen molar-refractivity contribution in [3.63, 3.8) is 0 Å². The molecule has 1 heterocycles. The van der Waals surface area contributed by atoms with Crippen molar-refractivity contribution in [1.82, 2.24) is 10.6 Å². The second-order valence-electron chi connectivity index (χ2n) is 5.93. The molecular formula is C20H21N3O5. The number of ether oxygens (including phenoxy) is 1. The van der Waals surface area contributed by atoms with E-state index in [0.29, 0.717) is 23.3 Å². The number of aliphatic hydroxyl groups is 1. The average molecular weight is 383 g/mol. The number of amides is 3. The van der Waals surface area contributed by atoms with Crippen LogP contribution in [0.2, 0.25) is 0 Å². The van der Waals surface area contributed by atoms with Gasteiger partial charge in [-0.1, -0.05) is 30.2 Å². The van der Waals surface area contributed by atoms with Crippen LogP contribution >= 0.6 is 0 Å². The first-order chi connectivity index (χ1) is 13.4. The SMILES string of the molecule is C#CC(O)/C=C\C=C(/C)OCN1C(=O)C(C=O)(NC(=O)NC)c2ccccc21. The Bertz CT molecular complexity index is 871. The molecule has 1 aromatic carbocycles. The molecule has 146 valence electrons. The predicted molar refractivity (Wildman–Crippen MR) is 103 cm³/mol. The summed E-state index contributed by atoms with van der Waals surface area (Å²) in [7, 11) is 1.39. The predicted octanol–water partition coefficient (Wildman–Crippen LogP) is 0.785. The molecule has 0 fully saturated rings. The molecule has 0 saturated carbocycles. The molecule has 8 heteroatoms. The second-order valence-corrected chi connectivity index (χ2v) is 5.93. The zero-order chi connectivity index (χ0) is 20.7. The van der Waals surface area contributed by atoms with Gasteiger partial charge in [-0.15, -0.1) is 6.42 Å². The van der Waals surface area contributed by atoms with Crippen LogP contribution in [0.5, 0.6) is 0 Å². The van der Waals surface area contributed by atoms with Crippen molar-refractivity contribution < 1.29 is 24.2 Å². The molecule has 0 aromatic heterocycles. The molecule has 3 N–H and O–H groups in total. The van der Waals surface area contributed by atoms with Gasteiger partial charge in [-0.25, -0.2) is 4.79 Å². The number of nitrogens with zero attached hydrogens (tertiary/aromatic N) is 1. The maximum Gasteiger partial charge on any atom is 0.315 e. The Balaban J connectivity index is 2.25. The number of hydrogen-bond donors (Lipinski definition) is 3. The molecule has 0 saturated heterocycles. The Labute approximate surface area is 162 Å². The van der Waals surface area contributed by atoms with E-state index in [1.165, 1.54) is 24.1 Å². The van der Waals surface area contributed by atoms with Crippen LogP contribution < -0.4 is 15.5 Å². The van der Waals surface area contributed by atoms with Crippen molar-refractivity contribution in [2.75, 3.05) is 18.7 Å². The van der Waals surface area contributed by atoms with Gasteiger partial charge in [0.1, 0.15) is 6.10 Å². The number of aldehydes is 1. The minimum Gasteiger partial charge on any atom is -0.477 e. The molecule has 1 aromatic rings. The third-order valence-electron chi connectivity index (χ3n) is 4.13. The summed E-state index contributed by atoms with van der Waals surface area (Å²) < 4.78 is 5.58. The van der Waals surface area contributed by atoms with E-state index in [0.717, 1.165) is 0 Å². The van der Waals surface area contributed by atoms with Gasteiger partial charge < -0.3 is 20.5 Å². The number of carbonyl (C=O) groups is 3. The van der Waals surface area contributed by atoms with Crippen LogP contribution in [0.25, 0.3) is 0 Å². The third kappa shape index (κ3) is 4.05. The van der Waals surface area contributed by atoms with Gasteiger partial charge in [0.25, 0.3) is 5.91 Å². The minimum atomic E-state index is -1.82. The van der Waals surface area contributed by atoms with E-state index in [2.05, 4.69) is 16.6 Å². The standard InChI is InChI=1S/C20H21N3O5/c1-4-15(25)9-7-8-14(2)28-13-23-17-11-6-5-10-16(17)20(12-24,18(23)26)22-19(27)21-3/h1,5-12,15,25H,13H2,2-3H3,(H2,21,22,27)/b9-7-,14-8+. The number of rotatable bonds is 7. The van der Waals surface area contributed by atoms with Crippen molar-refractivity contribution in [3.8, 4) is 12.3 Å². The van der Waals surface area contributed by atoms with Crippen molar-refractivity contribution in [2.45, 2.75) is 18.6 Å². The highest BCUT2D eigenvalue weighted by molar-refractivity contribution is 6.18. The Morgan fingerprint density at radius 3 is 2.82 bits per heavy atom. The van der Waals surface area contributed by atoms with E-state index in [9.17, 15) is 19.5 Å². The van der Waals surface area contributed by atoms with Gasteiger partial charge >= 0.3 is 6.03 Å². The molecule has 28 heavy (non-hydrogen) atoms. The zero-order valence-corrected chi connectivity index (χ0v) is 15.5. The molecule has 0 spiro atoms. The summed E-state index contributed by atoms with van der Waals surface area (Å²) >= 11 is 0. The second kappa shape index (κ2) is 8.88. The first-order valence-corrected chi connectivity index (χ1v) is 8.39. The number of urea groups is 1. The van der Waals surface area contributed by atoms with Crippen LogP contribution in [-0.2, 0) is 19.9 Å². The number of terminal acetylenes is 1. The number of aliphatic hydroxyl groups excluding tert-OH is 1. The van der Waals surface area contributed by atoms with E-state index in [-0.39, 0.29) is 6.73 Å². The Hall–Kier alpha value is -3.57. The highest BCUT2D eigenvalue weighted by Gasteiger charge is 2.52. The largest absolute Gasteiger partial charge is 0.477 e. The Morgan fingerprint density at radius 2 is 2.18 bits per heavy atom. The van der Waals surface area contributed by atoms with Gasteiger partial charge in [0, 0.05) is 12.6 Å². The number of hydrogen-bond acceptors (Lipinski definition) is 5. The Morgan fingerprint density at radius 1 is 1.46 bits per heavy atom. The van der Waals surface area contributed by atoms with Crippen molar-refractivity contribution in [1.29, 1.82) is 0 Å². The van der Waals surface area contributed by atoms with E-state index in [4.69, 9.17) is 11.2 Å². The number of benzene rings is 1. The normalized spacial score (nSPS) is 19.7. The molecule has 8 nitrogen and oxygen atoms in total. The van der Waals surface area contributed by atoms with E-state index >= 15 is 0 Å². The van der Waals surface area contributed by atoms with Gasteiger partial charge in [0.05, 0.1) is 11.4 Å². The summed E-state index contributed by atoms with van der Waals surface area (Å²) in [5, 5.41) is 14.0. The average Bonchev–Trinajstić information content (AvgIpc) is 2.94. The lowest BCUT2D eigenvalue weighted by Gasteiger charge is -2.24. The lowest BCUT2D eigenvalue weighted by molar-refractivity contribution is -0.129. The smallest absolute Gasteiger partial charge is 0.315 e. The summed E-state index contributed by atoms with van der Waals surface area (Å²) in [6.07, 6.45) is 8.98. The summed E-state index contributed by atoms with van der Waals surface area (Å²) in [5.74, 6) is 1.97. The van der Waals surface area contributed by atoms with Crippen molar-refractivity contribution in [3.05, 3.63) is 53.8 Å². The first kappa shape index (κ1) is 20.7. The molecule has 0 aliphatic carbocycles. The Kier molecular flexibility index (Phi) is 6.58. The summed E-state index contributed by atoms with van der Waals surface area (Å²) in [4.78, 5) is 38.0. The van der Waals surface area contributed by atoms with Gasteiger partial charge in [-0.05, 0) is 25.1 Å². The fraction of sp³-hybridized carbons (Fsp3) is 0.250. The number of carbonyl (C=O) groups excluding carboxylic acids is 3. The van der Waals surface area contributed by atoms with Gasteiger partial charge in [-0.2, -0.15) is 0 Å². The summed E-state index contributed by atoms with van der Waals surface area (Å²) in [5.41, 5.74) is -1.00. The van der Waals surface area contributed by atoms with Crippen LogP contribution in [0.15, 0.2) is 48.3 Å². The summed E-state index contributed by atoms with van der Waals surface area (Å²) in [6.45, 7) is 1.49. The van der Waals surface area contributed by atoms with Crippen molar-refractivity contribution in [2.24, 2.45) is 0 Å². The highest BCUT2D eigenvalue weighted by atomic mass is 16.5. The molecule has 1 aliphatic heterocycles. The van der Waals surface area contributed by atoms with Gasteiger partial charge in [0.2, 0.25) is 5.54 Å². The fourth-order valence-corrected chi connectivity index (χ4v) is 2.68. The maximum absolute atomic E-state index is 13.0. The minimum absolute atomic E-state index is 0.172. The van der Waals surface area contributed by atoms with Crippen LogP contribution in [-0.4, -0.2) is 43.2 Å². The first-order valence-electron chi connectivity index (χ1n) is 8.39. The van der Waals surface area contributed by atoms with Crippen LogP contribution in [0.1, 0.15) is 12.5 Å². The molecule has 2 unspecified atom stereocenters. The van der Waals surface area contributed by atoms with Gasteiger partial charge in [0.15, 0.2) is 13.0 Å². The molecule has 1 aliphatic rings. The number of nitrogens with one attached hydrogen (secondary N) is 2.